The number of benzene rings is 4. The maximum Gasteiger partial charge on any atom is 0.269 e. The Bertz CT molecular complexity index is 1680. The number of hydrogen-bond acceptors (Lipinski definition) is 6. The van der Waals surface area contributed by atoms with Gasteiger partial charge >= 0.3 is 0 Å². The van der Waals surface area contributed by atoms with Gasteiger partial charge in [-0.05, 0) is 84.0 Å². The van der Waals surface area contributed by atoms with Crippen molar-refractivity contribution in [1.29, 1.82) is 0 Å². The predicted molar refractivity (Wildman–Crippen MR) is 167 cm³/mol. The maximum absolute atomic E-state index is 10.9. The summed E-state index contributed by atoms with van der Waals surface area (Å²) in [6, 6.07) is 25.1. The van der Waals surface area contributed by atoms with Crippen molar-refractivity contribution < 1.29 is 14.4 Å². The summed E-state index contributed by atoms with van der Waals surface area (Å²) >= 11 is 6.56. The van der Waals surface area contributed by atoms with Crippen LogP contribution in [0.5, 0.6) is 11.5 Å². The quantitative estimate of drug-likeness (QED) is 0.0976. The SMILES string of the molecule is COc1cc(C=Nc2ccc([C@@H]3Nc4ccc(C)cc4[C@@H]4C=CC[C@H]43)cc2)cc(Cl)c1OCc1ccc([N+](=O)[O-])cc1. The van der Waals surface area contributed by atoms with E-state index in [1.807, 2.05) is 18.2 Å². The summed E-state index contributed by atoms with van der Waals surface area (Å²) in [5.74, 6) is 1.80. The summed E-state index contributed by atoms with van der Waals surface area (Å²) in [6.45, 7) is 2.34. The zero-order chi connectivity index (χ0) is 29.2. The fraction of sp³-hybridized carbons (Fsp3) is 0.206. The number of aryl methyl sites for hydroxylation is 1. The van der Waals surface area contributed by atoms with E-state index in [2.05, 4.69) is 59.7 Å². The highest BCUT2D eigenvalue weighted by atomic mass is 35.5. The van der Waals surface area contributed by atoms with E-state index in [4.69, 9.17) is 21.1 Å². The highest BCUT2D eigenvalue weighted by molar-refractivity contribution is 6.32. The number of rotatable bonds is 8. The van der Waals surface area contributed by atoms with Gasteiger partial charge in [-0.1, -0.05) is 53.6 Å². The van der Waals surface area contributed by atoms with E-state index in [1.54, 1.807) is 31.5 Å². The first-order chi connectivity index (χ1) is 20.4. The van der Waals surface area contributed by atoms with Crippen molar-refractivity contribution in [1.82, 2.24) is 0 Å². The summed E-state index contributed by atoms with van der Waals surface area (Å²) in [4.78, 5) is 15.1. The van der Waals surface area contributed by atoms with Gasteiger partial charge in [-0.3, -0.25) is 15.1 Å². The molecule has 0 saturated heterocycles. The fourth-order valence-electron chi connectivity index (χ4n) is 5.78. The Balaban J connectivity index is 1.15. The zero-order valence-corrected chi connectivity index (χ0v) is 24.0. The number of nitro benzene ring substituents is 1. The van der Waals surface area contributed by atoms with Crippen LogP contribution in [0.1, 0.15) is 46.2 Å². The third-order valence-electron chi connectivity index (χ3n) is 7.92. The minimum atomic E-state index is -0.435. The van der Waals surface area contributed by atoms with Gasteiger partial charge in [0.1, 0.15) is 6.61 Å². The third kappa shape index (κ3) is 5.60. The number of hydrogen-bond donors (Lipinski definition) is 1. The second kappa shape index (κ2) is 11.7. The van der Waals surface area contributed by atoms with Gasteiger partial charge in [0.2, 0.25) is 0 Å². The number of allylic oxidation sites excluding steroid dienone is 2. The number of halogens is 1. The molecule has 0 unspecified atom stereocenters. The molecule has 2 aliphatic rings. The van der Waals surface area contributed by atoms with Crippen LogP contribution in [0.3, 0.4) is 0 Å². The Morgan fingerprint density at radius 1 is 1.07 bits per heavy atom. The molecule has 0 radical (unpaired) electrons. The molecular formula is C34H30ClN3O4. The molecule has 1 aliphatic carbocycles. The smallest absolute Gasteiger partial charge is 0.269 e. The van der Waals surface area contributed by atoms with E-state index in [9.17, 15) is 10.1 Å². The zero-order valence-electron chi connectivity index (χ0n) is 23.3. The number of anilines is 1. The first kappa shape index (κ1) is 27.5. The Labute approximate surface area is 249 Å². The molecule has 6 rings (SSSR count). The van der Waals surface area contributed by atoms with Gasteiger partial charge in [0.05, 0.1) is 28.8 Å². The van der Waals surface area contributed by atoms with Gasteiger partial charge < -0.3 is 14.8 Å². The maximum atomic E-state index is 10.9. The molecule has 1 heterocycles. The van der Waals surface area contributed by atoms with E-state index in [0.717, 1.165) is 23.2 Å². The molecule has 0 spiro atoms. The standard InChI is InChI=1S/C34H30ClN3O4/c1-21-6-15-31-29(16-21)27-4-3-5-28(27)33(37-31)24-9-11-25(12-10-24)36-19-23-17-30(35)34(32(18-23)41-2)42-20-22-7-13-26(14-8-22)38(39)40/h3-4,6-19,27-28,33,37H,5,20H2,1-2H3/t27-,28-,33+/m1/s1. The van der Waals surface area contributed by atoms with Crippen LogP contribution in [0, 0.1) is 23.0 Å². The summed E-state index contributed by atoms with van der Waals surface area (Å²) < 4.78 is 11.4. The molecule has 4 aromatic rings. The topological polar surface area (TPSA) is 86.0 Å². The average molecular weight is 580 g/mol. The molecule has 8 heteroatoms. The van der Waals surface area contributed by atoms with Crippen molar-refractivity contribution in [2.75, 3.05) is 12.4 Å². The first-order valence-electron chi connectivity index (χ1n) is 13.8. The lowest BCUT2D eigenvalue weighted by Crippen LogP contribution is -2.29. The van der Waals surface area contributed by atoms with Crippen LogP contribution in [0.2, 0.25) is 5.02 Å². The summed E-state index contributed by atoms with van der Waals surface area (Å²) in [6.07, 6.45) is 7.48. The number of nitrogens with zero attached hydrogens (tertiary/aromatic N) is 2. The van der Waals surface area contributed by atoms with E-state index >= 15 is 0 Å². The number of nitro groups is 1. The Kier molecular flexibility index (Phi) is 7.68. The van der Waals surface area contributed by atoms with Crippen molar-refractivity contribution in [3.05, 3.63) is 134 Å². The van der Waals surface area contributed by atoms with E-state index in [-0.39, 0.29) is 18.3 Å². The second-order valence-corrected chi connectivity index (χ2v) is 11.1. The second-order valence-electron chi connectivity index (χ2n) is 10.7. The molecule has 0 saturated carbocycles. The van der Waals surface area contributed by atoms with E-state index in [0.29, 0.717) is 28.4 Å². The Hall–Kier alpha value is -4.62. The third-order valence-corrected chi connectivity index (χ3v) is 8.20. The van der Waals surface area contributed by atoms with Crippen molar-refractivity contribution in [3.8, 4) is 11.5 Å². The summed E-state index contributed by atoms with van der Waals surface area (Å²) in [5.41, 5.74) is 7.55. The van der Waals surface area contributed by atoms with Gasteiger partial charge in [0, 0.05) is 30.0 Å². The van der Waals surface area contributed by atoms with Crippen molar-refractivity contribution in [2.45, 2.75) is 31.9 Å². The van der Waals surface area contributed by atoms with Gasteiger partial charge in [0.15, 0.2) is 11.5 Å². The number of non-ortho nitro benzene ring substituents is 1. The van der Waals surface area contributed by atoms with Crippen LogP contribution in [0.4, 0.5) is 17.1 Å². The number of methoxy groups -OCH3 is 1. The van der Waals surface area contributed by atoms with Crippen LogP contribution < -0.4 is 14.8 Å². The number of aliphatic imine (C=N–C) groups is 1. The Morgan fingerprint density at radius 2 is 1.86 bits per heavy atom. The highest BCUT2D eigenvalue weighted by Gasteiger charge is 2.37. The molecule has 1 N–H and O–H groups in total. The van der Waals surface area contributed by atoms with Crippen LogP contribution in [0.25, 0.3) is 0 Å². The largest absolute Gasteiger partial charge is 0.493 e. The minimum Gasteiger partial charge on any atom is -0.493 e. The molecule has 212 valence electrons. The number of fused-ring (bicyclic) bond motifs is 3. The number of nitrogens with one attached hydrogen (secondary N) is 1. The molecule has 42 heavy (non-hydrogen) atoms. The van der Waals surface area contributed by atoms with Crippen molar-refractivity contribution >= 4 is 34.9 Å². The number of ether oxygens (including phenoxy) is 2. The van der Waals surface area contributed by atoms with E-state index < -0.39 is 4.92 Å². The van der Waals surface area contributed by atoms with Crippen molar-refractivity contribution in [2.24, 2.45) is 10.9 Å². The molecule has 0 amide bonds. The van der Waals surface area contributed by atoms with Gasteiger partial charge in [-0.15, -0.1) is 0 Å². The first-order valence-corrected chi connectivity index (χ1v) is 14.2. The highest BCUT2D eigenvalue weighted by Crippen LogP contribution is 2.50. The minimum absolute atomic E-state index is 0.0267. The molecule has 0 fully saturated rings. The monoisotopic (exact) mass is 579 g/mol. The summed E-state index contributed by atoms with van der Waals surface area (Å²) in [5, 5.41) is 15.1. The molecule has 4 aromatic carbocycles. The lowest BCUT2D eigenvalue weighted by atomic mass is 9.76. The molecule has 3 atom stereocenters. The normalized spacial score (nSPS) is 18.8. The van der Waals surface area contributed by atoms with Crippen LogP contribution in [-0.4, -0.2) is 18.2 Å². The van der Waals surface area contributed by atoms with E-state index in [1.165, 1.54) is 34.5 Å². The van der Waals surface area contributed by atoms with Gasteiger partial charge in [-0.2, -0.15) is 0 Å². The van der Waals surface area contributed by atoms with Crippen molar-refractivity contribution in [3.63, 3.8) is 0 Å². The van der Waals surface area contributed by atoms with Crippen LogP contribution >= 0.6 is 11.6 Å². The fourth-order valence-corrected chi connectivity index (χ4v) is 6.06. The lowest BCUT2D eigenvalue weighted by Gasteiger charge is -2.37. The van der Waals surface area contributed by atoms with Crippen LogP contribution in [-0.2, 0) is 6.61 Å². The molecule has 0 aromatic heterocycles. The average Bonchev–Trinajstić information content (AvgIpc) is 3.50. The lowest BCUT2D eigenvalue weighted by molar-refractivity contribution is -0.384. The summed E-state index contributed by atoms with van der Waals surface area (Å²) in [7, 11) is 1.55. The molecule has 1 aliphatic heterocycles. The molecular weight excluding hydrogens is 550 g/mol. The predicted octanol–water partition coefficient (Wildman–Crippen LogP) is 8.72. The van der Waals surface area contributed by atoms with Gasteiger partial charge in [-0.25, -0.2) is 0 Å². The molecule has 0 bridgehead atoms. The Morgan fingerprint density at radius 3 is 2.60 bits per heavy atom. The van der Waals surface area contributed by atoms with Gasteiger partial charge in [0.25, 0.3) is 5.69 Å². The molecule has 7 nitrogen and oxygen atoms in total. The van der Waals surface area contributed by atoms with Crippen LogP contribution in [0.15, 0.2) is 96.0 Å².